The van der Waals surface area contributed by atoms with Gasteiger partial charge in [0.2, 0.25) is 0 Å². The molecule has 2 N–H and O–H groups in total. The number of aromatic amines is 2. The van der Waals surface area contributed by atoms with Crippen LogP contribution in [0, 0.1) is 0 Å². The molecule has 0 radical (unpaired) electrons. The molecular weight excluding hydrogens is 352 g/mol. The van der Waals surface area contributed by atoms with Gasteiger partial charge in [0.25, 0.3) is 0 Å². The topological polar surface area (TPSA) is 75.7 Å². The number of aromatic nitrogens is 4. The van der Waals surface area contributed by atoms with Crippen LogP contribution in [0.15, 0.2) is 53.6 Å². The van der Waals surface area contributed by atoms with E-state index in [4.69, 9.17) is 16.3 Å². The molecule has 0 aliphatic heterocycles. The maximum absolute atomic E-state index is 11.5. The fraction of sp³-hybridized carbons (Fsp3) is 0.158. The molecule has 0 aliphatic carbocycles. The zero-order chi connectivity index (χ0) is 18.1. The first-order valence-corrected chi connectivity index (χ1v) is 8.56. The van der Waals surface area contributed by atoms with Gasteiger partial charge in [-0.1, -0.05) is 29.8 Å². The second-order valence-electron chi connectivity index (χ2n) is 5.99. The van der Waals surface area contributed by atoms with E-state index in [1.807, 2.05) is 53.5 Å². The largest absolute Gasteiger partial charge is 0.383 e. The number of hydrogen-bond acceptors (Lipinski definition) is 3. The Hall–Kier alpha value is -2.83. The number of nitrogens with zero attached hydrogens (tertiary/aromatic N) is 2. The van der Waals surface area contributed by atoms with E-state index in [-0.39, 0.29) is 5.69 Å². The second kappa shape index (κ2) is 6.82. The summed E-state index contributed by atoms with van der Waals surface area (Å²) < 4.78 is 6.95. The molecule has 0 saturated heterocycles. The van der Waals surface area contributed by atoms with Crippen molar-refractivity contribution in [3.8, 4) is 22.3 Å². The molecule has 0 bridgehead atoms. The fourth-order valence-corrected chi connectivity index (χ4v) is 3.34. The maximum atomic E-state index is 11.5. The Morgan fingerprint density at radius 1 is 1.15 bits per heavy atom. The number of ether oxygens (including phenoxy) is 1. The Morgan fingerprint density at radius 2 is 2.00 bits per heavy atom. The lowest BCUT2D eigenvalue weighted by Gasteiger charge is -2.11. The van der Waals surface area contributed by atoms with Crippen molar-refractivity contribution in [2.24, 2.45) is 0 Å². The quantitative estimate of drug-likeness (QED) is 0.564. The number of imidazole rings is 1. The molecule has 0 saturated carbocycles. The van der Waals surface area contributed by atoms with E-state index >= 15 is 0 Å². The Morgan fingerprint density at radius 3 is 2.85 bits per heavy atom. The zero-order valence-electron chi connectivity index (χ0n) is 14.1. The molecule has 7 heteroatoms. The van der Waals surface area contributed by atoms with Crippen LogP contribution in [0.5, 0.6) is 0 Å². The number of rotatable bonds is 5. The van der Waals surface area contributed by atoms with Gasteiger partial charge in [0.1, 0.15) is 0 Å². The molecule has 6 nitrogen and oxygen atoms in total. The van der Waals surface area contributed by atoms with Gasteiger partial charge in [0.15, 0.2) is 0 Å². The van der Waals surface area contributed by atoms with Crippen LogP contribution in [-0.4, -0.2) is 33.5 Å². The van der Waals surface area contributed by atoms with Crippen LogP contribution in [0.3, 0.4) is 0 Å². The summed E-state index contributed by atoms with van der Waals surface area (Å²) in [5, 5.41) is 5.03. The summed E-state index contributed by atoms with van der Waals surface area (Å²) in [5.41, 5.74) is 5.08. The van der Waals surface area contributed by atoms with Gasteiger partial charge in [-0.15, -0.1) is 0 Å². The molecule has 2 heterocycles. The molecule has 132 valence electrons. The summed E-state index contributed by atoms with van der Waals surface area (Å²) in [6.07, 6.45) is 3.80. The number of methoxy groups -OCH3 is 1. The van der Waals surface area contributed by atoms with Crippen molar-refractivity contribution in [1.82, 2.24) is 19.7 Å². The van der Waals surface area contributed by atoms with Gasteiger partial charge < -0.3 is 14.7 Å². The Balaban J connectivity index is 1.83. The van der Waals surface area contributed by atoms with Crippen molar-refractivity contribution in [2.75, 3.05) is 13.7 Å². The first-order valence-electron chi connectivity index (χ1n) is 8.18. The minimum atomic E-state index is -0.226. The highest BCUT2D eigenvalue weighted by atomic mass is 35.5. The van der Waals surface area contributed by atoms with Crippen molar-refractivity contribution in [3.05, 3.63) is 64.3 Å². The van der Waals surface area contributed by atoms with Crippen LogP contribution in [-0.2, 0) is 11.3 Å². The average Bonchev–Trinajstić information content (AvgIpc) is 3.24. The highest BCUT2D eigenvalue weighted by molar-refractivity contribution is 6.34. The van der Waals surface area contributed by atoms with Gasteiger partial charge in [0.05, 0.1) is 30.4 Å². The van der Waals surface area contributed by atoms with Crippen molar-refractivity contribution in [2.45, 2.75) is 6.54 Å². The number of hydrogen-bond donors (Lipinski definition) is 2. The lowest BCUT2D eigenvalue weighted by atomic mass is 9.96. The maximum Gasteiger partial charge on any atom is 0.323 e. The number of halogens is 1. The first kappa shape index (κ1) is 16.6. The number of fused-ring (bicyclic) bond motifs is 1. The van der Waals surface area contributed by atoms with Gasteiger partial charge in [-0.2, -0.15) is 5.10 Å². The summed E-state index contributed by atoms with van der Waals surface area (Å²) in [4.78, 5) is 17.1. The summed E-state index contributed by atoms with van der Waals surface area (Å²) >= 11 is 6.53. The summed E-state index contributed by atoms with van der Waals surface area (Å²) in [5.74, 6) is 0. The SMILES string of the molecule is COCCn1cc(-c2cccc(Cl)c2-c2ccc3[nH]c(=O)[nH]c3c2)cn1. The van der Waals surface area contributed by atoms with Crippen LogP contribution < -0.4 is 5.69 Å². The molecule has 0 spiro atoms. The van der Waals surface area contributed by atoms with Crippen molar-refractivity contribution >= 4 is 22.6 Å². The predicted molar refractivity (Wildman–Crippen MR) is 102 cm³/mol. The van der Waals surface area contributed by atoms with E-state index in [1.54, 1.807) is 7.11 Å². The lowest BCUT2D eigenvalue weighted by Crippen LogP contribution is -2.03. The molecule has 2 aromatic carbocycles. The van der Waals surface area contributed by atoms with Gasteiger partial charge in [0, 0.05) is 29.5 Å². The summed E-state index contributed by atoms with van der Waals surface area (Å²) in [6.45, 7) is 1.28. The van der Waals surface area contributed by atoms with E-state index in [0.29, 0.717) is 18.2 Å². The van der Waals surface area contributed by atoms with Crippen LogP contribution in [0.25, 0.3) is 33.3 Å². The van der Waals surface area contributed by atoms with Crippen molar-refractivity contribution in [3.63, 3.8) is 0 Å². The van der Waals surface area contributed by atoms with Crippen molar-refractivity contribution < 1.29 is 4.74 Å². The Bertz CT molecular complexity index is 1130. The molecule has 4 rings (SSSR count). The standard InChI is InChI=1S/C19H17ClN4O2/c1-26-8-7-24-11-13(10-21-24)14-3-2-4-15(20)18(14)12-5-6-16-17(9-12)23-19(25)22-16/h2-6,9-11H,7-8H2,1H3,(H2,22,23,25). The van der Waals surface area contributed by atoms with Crippen molar-refractivity contribution in [1.29, 1.82) is 0 Å². The highest BCUT2D eigenvalue weighted by Crippen LogP contribution is 2.38. The third kappa shape index (κ3) is 3.05. The van der Waals surface area contributed by atoms with Crippen LogP contribution in [0.2, 0.25) is 5.02 Å². The zero-order valence-corrected chi connectivity index (χ0v) is 14.9. The summed E-state index contributed by atoms with van der Waals surface area (Å²) in [7, 11) is 1.67. The average molecular weight is 369 g/mol. The Labute approximate surface area is 154 Å². The second-order valence-corrected chi connectivity index (χ2v) is 6.39. The Kier molecular flexibility index (Phi) is 4.36. The van der Waals surface area contributed by atoms with E-state index in [0.717, 1.165) is 33.3 Å². The number of H-pyrrole nitrogens is 2. The molecule has 26 heavy (non-hydrogen) atoms. The van der Waals surface area contributed by atoms with Gasteiger partial charge in [-0.05, 0) is 29.3 Å². The van der Waals surface area contributed by atoms with E-state index in [1.165, 1.54) is 0 Å². The van der Waals surface area contributed by atoms with E-state index < -0.39 is 0 Å². The van der Waals surface area contributed by atoms with Crippen LogP contribution in [0.4, 0.5) is 0 Å². The third-order valence-corrected chi connectivity index (χ3v) is 4.60. The number of nitrogens with one attached hydrogen (secondary N) is 2. The minimum Gasteiger partial charge on any atom is -0.383 e. The molecule has 0 amide bonds. The highest BCUT2D eigenvalue weighted by Gasteiger charge is 2.14. The molecule has 0 atom stereocenters. The van der Waals surface area contributed by atoms with Crippen LogP contribution in [0.1, 0.15) is 0 Å². The molecular formula is C19H17ClN4O2. The third-order valence-electron chi connectivity index (χ3n) is 4.29. The van der Waals surface area contributed by atoms with E-state index in [2.05, 4.69) is 15.1 Å². The minimum absolute atomic E-state index is 0.226. The predicted octanol–water partition coefficient (Wildman–Crippen LogP) is 3.69. The van der Waals surface area contributed by atoms with Gasteiger partial charge in [-0.3, -0.25) is 4.68 Å². The van der Waals surface area contributed by atoms with Gasteiger partial charge >= 0.3 is 5.69 Å². The molecule has 0 fully saturated rings. The van der Waals surface area contributed by atoms with Gasteiger partial charge in [-0.25, -0.2) is 4.79 Å². The monoisotopic (exact) mass is 368 g/mol. The first-order chi connectivity index (χ1) is 12.7. The smallest absolute Gasteiger partial charge is 0.323 e. The molecule has 2 aromatic heterocycles. The molecule has 4 aromatic rings. The van der Waals surface area contributed by atoms with E-state index in [9.17, 15) is 4.79 Å². The molecule has 0 aliphatic rings. The fourth-order valence-electron chi connectivity index (χ4n) is 3.06. The van der Waals surface area contributed by atoms with Crippen LogP contribution >= 0.6 is 11.6 Å². The summed E-state index contributed by atoms with van der Waals surface area (Å²) in [6, 6.07) is 11.5. The normalized spacial score (nSPS) is 11.3. The number of benzene rings is 2. The lowest BCUT2D eigenvalue weighted by molar-refractivity contribution is 0.183. The molecule has 0 unspecified atom stereocenters.